The Morgan fingerprint density at radius 1 is 1.08 bits per heavy atom. The standard InChI is InChI=1S/C20H27N5O/c1-14-5-7-17(16(3)11-14)13-24-20(21-4)22-10-9-19(26)25-18-8-6-15(2)12-23-18/h5-8,11-12H,9-10,13H2,1-4H3,(H2,21,22,24)(H,23,25,26). The summed E-state index contributed by atoms with van der Waals surface area (Å²) < 4.78 is 0. The van der Waals surface area contributed by atoms with E-state index in [9.17, 15) is 4.79 Å². The lowest BCUT2D eigenvalue weighted by Gasteiger charge is -2.13. The van der Waals surface area contributed by atoms with E-state index < -0.39 is 0 Å². The lowest BCUT2D eigenvalue weighted by atomic mass is 10.1. The summed E-state index contributed by atoms with van der Waals surface area (Å²) in [4.78, 5) is 20.3. The quantitative estimate of drug-likeness (QED) is 0.551. The molecule has 0 radical (unpaired) electrons. The maximum absolute atomic E-state index is 12.0. The molecule has 0 saturated carbocycles. The lowest BCUT2D eigenvalue weighted by Crippen LogP contribution is -2.38. The van der Waals surface area contributed by atoms with Gasteiger partial charge < -0.3 is 16.0 Å². The summed E-state index contributed by atoms with van der Waals surface area (Å²) in [6, 6.07) is 10.1. The van der Waals surface area contributed by atoms with Gasteiger partial charge in [0.1, 0.15) is 5.82 Å². The molecule has 0 spiro atoms. The second-order valence-corrected chi connectivity index (χ2v) is 6.30. The number of aryl methyl sites for hydroxylation is 3. The van der Waals surface area contributed by atoms with Crippen molar-refractivity contribution in [3.8, 4) is 0 Å². The fraction of sp³-hybridized carbons (Fsp3) is 0.350. The molecule has 6 heteroatoms. The first kappa shape index (κ1) is 19.4. The normalized spacial score (nSPS) is 11.2. The van der Waals surface area contributed by atoms with Crippen LogP contribution in [0.1, 0.15) is 28.7 Å². The summed E-state index contributed by atoms with van der Waals surface area (Å²) in [7, 11) is 1.72. The molecule has 26 heavy (non-hydrogen) atoms. The van der Waals surface area contributed by atoms with E-state index >= 15 is 0 Å². The van der Waals surface area contributed by atoms with Crippen LogP contribution in [0.25, 0.3) is 0 Å². The fourth-order valence-electron chi connectivity index (χ4n) is 2.49. The molecular formula is C20H27N5O. The van der Waals surface area contributed by atoms with Gasteiger partial charge in [0.15, 0.2) is 5.96 Å². The Morgan fingerprint density at radius 2 is 1.85 bits per heavy atom. The second-order valence-electron chi connectivity index (χ2n) is 6.30. The number of aliphatic imine (C=N–C) groups is 1. The minimum absolute atomic E-state index is 0.0846. The zero-order chi connectivity index (χ0) is 18.9. The van der Waals surface area contributed by atoms with Crippen LogP contribution >= 0.6 is 0 Å². The van der Waals surface area contributed by atoms with Crippen molar-refractivity contribution in [3.63, 3.8) is 0 Å². The van der Waals surface area contributed by atoms with Crippen LogP contribution in [0.15, 0.2) is 41.5 Å². The van der Waals surface area contributed by atoms with Crippen LogP contribution in [0.3, 0.4) is 0 Å². The van der Waals surface area contributed by atoms with E-state index in [1.54, 1.807) is 19.3 Å². The first-order valence-electron chi connectivity index (χ1n) is 8.71. The summed E-state index contributed by atoms with van der Waals surface area (Å²) >= 11 is 0. The smallest absolute Gasteiger partial charge is 0.227 e. The monoisotopic (exact) mass is 353 g/mol. The number of amides is 1. The molecule has 0 aliphatic rings. The minimum Gasteiger partial charge on any atom is -0.356 e. The Balaban J connectivity index is 1.74. The van der Waals surface area contributed by atoms with Crippen LogP contribution in [0.2, 0.25) is 0 Å². The summed E-state index contributed by atoms with van der Waals surface area (Å²) in [5.74, 6) is 1.16. The van der Waals surface area contributed by atoms with Gasteiger partial charge in [0.05, 0.1) is 0 Å². The zero-order valence-corrected chi connectivity index (χ0v) is 15.9. The van der Waals surface area contributed by atoms with Gasteiger partial charge in [-0.3, -0.25) is 9.79 Å². The van der Waals surface area contributed by atoms with Gasteiger partial charge in [-0.1, -0.05) is 29.8 Å². The third kappa shape index (κ3) is 6.20. The predicted octanol–water partition coefficient (Wildman–Crippen LogP) is 2.70. The third-order valence-corrected chi connectivity index (χ3v) is 3.99. The minimum atomic E-state index is -0.0846. The Labute approximate surface area is 155 Å². The van der Waals surface area contributed by atoms with Crippen molar-refractivity contribution in [2.45, 2.75) is 33.7 Å². The topological polar surface area (TPSA) is 78.4 Å². The highest BCUT2D eigenvalue weighted by molar-refractivity contribution is 5.90. The van der Waals surface area contributed by atoms with Crippen molar-refractivity contribution in [2.75, 3.05) is 18.9 Å². The van der Waals surface area contributed by atoms with E-state index in [1.807, 2.05) is 13.0 Å². The maximum Gasteiger partial charge on any atom is 0.227 e. The Bertz CT molecular complexity index is 768. The van der Waals surface area contributed by atoms with Crippen LogP contribution in [0.4, 0.5) is 5.82 Å². The van der Waals surface area contributed by atoms with Crippen LogP contribution in [0, 0.1) is 20.8 Å². The molecule has 1 aromatic heterocycles. The highest BCUT2D eigenvalue weighted by Crippen LogP contribution is 2.10. The average Bonchev–Trinajstić information content (AvgIpc) is 2.61. The maximum atomic E-state index is 12.0. The molecular weight excluding hydrogens is 326 g/mol. The van der Waals surface area contributed by atoms with E-state index in [4.69, 9.17) is 0 Å². The fourth-order valence-corrected chi connectivity index (χ4v) is 2.49. The highest BCUT2D eigenvalue weighted by atomic mass is 16.1. The molecule has 138 valence electrons. The van der Waals surface area contributed by atoms with Gasteiger partial charge in [-0.25, -0.2) is 4.98 Å². The number of aromatic nitrogens is 1. The van der Waals surface area contributed by atoms with Crippen molar-refractivity contribution < 1.29 is 4.79 Å². The van der Waals surface area contributed by atoms with Crippen molar-refractivity contribution in [2.24, 2.45) is 4.99 Å². The molecule has 3 N–H and O–H groups in total. The molecule has 6 nitrogen and oxygen atoms in total. The van der Waals surface area contributed by atoms with E-state index in [0.717, 1.165) is 5.56 Å². The molecule has 0 bridgehead atoms. The second kappa shape index (κ2) is 9.56. The number of nitrogens with zero attached hydrogens (tertiary/aromatic N) is 2. The van der Waals surface area contributed by atoms with Crippen molar-refractivity contribution in [3.05, 3.63) is 58.8 Å². The third-order valence-electron chi connectivity index (χ3n) is 3.99. The van der Waals surface area contributed by atoms with Crippen LogP contribution in [0.5, 0.6) is 0 Å². The molecule has 0 aliphatic heterocycles. The van der Waals surface area contributed by atoms with Crippen molar-refractivity contribution in [1.82, 2.24) is 15.6 Å². The highest BCUT2D eigenvalue weighted by Gasteiger charge is 2.05. The first-order valence-corrected chi connectivity index (χ1v) is 8.71. The van der Waals surface area contributed by atoms with E-state index in [0.29, 0.717) is 31.3 Å². The van der Waals surface area contributed by atoms with E-state index in [-0.39, 0.29) is 5.91 Å². The number of hydrogen-bond donors (Lipinski definition) is 3. The molecule has 2 aromatic rings. The molecule has 2 rings (SSSR count). The number of guanidine groups is 1. The van der Waals surface area contributed by atoms with Crippen molar-refractivity contribution >= 4 is 17.7 Å². The van der Waals surface area contributed by atoms with Gasteiger partial charge in [0.2, 0.25) is 5.91 Å². The van der Waals surface area contributed by atoms with E-state index in [1.165, 1.54) is 16.7 Å². The number of nitrogens with one attached hydrogen (secondary N) is 3. The number of anilines is 1. The van der Waals surface area contributed by atoms with Gasteiger partial charge in [-0.2, -0.15) is 0 Å². The summed E-state index contributed by atoms with van der Waals surface area (Å²) in [6.07, 6.45) is 2.06. The van der Waals surface area contributed by atoms with Crippen LogP contribution < -0.4 is 16.0 Å². The molecule has 0 fully saturated rings. The Hall–Kier alpha value is -2.89. The lowest BCUT2D eigenvalue weighted by molar-refractivity contribution is -0.116. The molecule has 1 amide bonds. The number of benzene rings is 1. The number of carbonyl (C=O) groups is 1. The van der Waals surface area contributed by atoms with E-state index in [2.05, 4.69) is 58.0 Å². The number of carbonyl (C=O) groups excluding carboxylic acids is 1. The van der Waals surface area contributed by atoms with Crippen LogP contribution in [-0.4, -0.2) is 30.4 Å². The Kier molecular flexibility index (Phi) is 7.14. The number of rotatable bonds is 6. The summed E-state index contributed by atoms with van der Waals surface area (Å²) in [5, 5.41) is 9.21. The largest absolute Gasteiger partial charge is 0.356 e. The molecule has 1 aromatic carbocycles. The van der Waals surface area contributed by atoms with Gasteiger partial charge in [0, 0.05) is 32.8 Å². The summed E-state index contributed by atoms with van der Waals surface area (Å²) in [6.45, 7) is 7.32. The SMILES string of the molecule is CN=C(NCCC(=O)Nc1ccc(C)cn1)NCc1ccc(C)cc1C. The van der Waals surface area contributed by atoms with Crippen LogP contribution in [-0.2, 0) is 11.3 Å². The van der Waals surface area contributed by atoms with Crippen molar-refractivity contribution in [1.29, 1.82) is 0 Å². The van der Waals surface area contributed by atoms with Gasteiger partial charge >= 0.3 is 0 Å². The average molecular weight is 353 g/mol. The number of pyridine rings is 1. The molecule has 0 unspecified atom stereocenters. The number of hydrogen-bond acceptors (Lipinski definition) is 3. The van der Waals surface area contributed by atoms with Gasteiger partial charge in [0.25, 0.3) is 0 Å². The van der Waals surface area contributed by atoms with Gasteiger partial charge in [-0.15, -0.1) is 0 Å². The first-order chi connectivity index (χ1) is 12.5. The molecule has 0 aliphatic carbocycles. The zero-order valence-electron chi connectivity index (χ0n) is 15.9. The van der Waals surface area contributed by atoms with Gasteiger partial charge in [-0.05, 0) is 43.5 Å². The Morgan fingerprint density at radius 3 is 2.50 bits per heavy atom. The molecule has 0 atom stereocenters. The predicted molar refractivity (Wildman–Crippen MR) is 106 cm³/mol. The summed E-state index contributed by atoms with van der Waals surface area (Å²) in [5.41, 5.74) is 4.78. The molecule has 0 saturated heterocycles. The molecule has 1 heterocycles.